The summed E-state index contributed by atoms with van der Waals surface area (Å²) in [5.74, 6) is -0.324. The minimum absolute atomic E-state index is 0.115. The quantitative estimate of drug-likeness (QED) is 0.0269. The van der Waals surface area contributed by atoms with Crippen LogP contribution in [0.2, 0.25) is 0 Å². The molecule has 1 aliphatic heterocycles. The van der Waals surface area contributed by atoms with Crippen LogP contribution in [0.25, 0.3) is 0 Å². The van der Waals surface area contributed by atoms with E-state index in [2.05, 4.69) is 38.2 Å². The zero-order valence-electron chi connectivity index (χ0n) is 37.6. The van der Waals surface area contributed by atoms with E-state index in [9.17, 15) is 25.2 Å². The van der Waals surface area contributed by atoms with Crippen LogP contribution in [0.5, 0.6) is 0 Å². The maximum absolute atomic E-state index is 12.8. The molecule has 0 aliphatic carbocycles. The number of aliphatic hydroxyl groups excluding tert-OH is 4. The molecule has 0 aromatic rings. The summed E-state index contributed by atoms with van der Waals surface area (Å²) in [5, 5.41) is 40.2. The summed E-state index contributed by atoms with van der Waals surface area (Å²) in [6.45, 7) is 4.55. The Hall–Kier alpha value is -1.33. The predicted molar refractivity (Wildman–Crippen MR) is 238 cm³/mol. The van der Waals surface area contributed by atoms with Gasteiger partial charge in [0.05, 0.1) is 19.8 Å². The lowest BCUT2D eigenvalue weighted by Crippen LogP contribution is -2.59. The second kappa shape index (κ2) is 41.0. The highest BCUT2D eigenvalue weighted by Gasteiger charge is 2.44. The molecule has 0 aromatic carbocycles. The second-order valence-electron chi connectivity index (χ2n) is 16.9. The van der Waals surface area contributed by atoms with Crippen molar-refractivity contribution < 1.29 is 44.2 Å². The Balaban J connectivity index is 2.21. The fraction of sp³-hybridized carbons (Fsp3) is 0.898. The largest absolute Gasteiger partial charge is 0.457 e. The Morgan fingerprint density at radius 1 is 0.552 bits per heavy atom. The van der Waals surface area contributed by atoms with Gasteiger partial charge in [-0.3, -0.25) is 4.79 Å². The summed E-state index contributed by atoms with van der Waals surface area (Å²) in [4.78, 5) is 12.8. The number of ether oxygens (including phenoxy) is 4. The van der Waals surface area contributed by atoms with Crippen LogP contribution in [0.15, 0.2) is 24.3 Å². The standard InChI is InChI=1S/C49H92O9/c1-3-5-7-9-11-13-15-17-19-20-21-22-23-25-27-29-31-33-35-37-39-55-41-43(42-56-49-48(54)47(53)46(52)44(40-50)58-49)57-45(51)38-36-34-32-30-28-26-24-18-16-14-12-10-8-6-4-2/h12,14,18,24,43-44,46-50,52-54H,3-11,13,15-17,19-23,25-42H2,1-2H3/b14-12-,24-18-. The van der Waals surface area contributed by atoms with Crippen LogP contribution < -0.4 is 0 Å². The van der Waals surface area contributed by atoms with Gasteiger partial charge in [-0.15, -0.1) is 0 Å². The fourth-order valence-electron chi connectivity index (χ4n) is 7.52. The third-order valence-electron chi connectivity index (χ3n) is 11.4. The van der Waals surface area contributed by atoms with E-state index in [4.69, 9.17) is 18.9 Å². The number of hydrogen-bond acceptors (Lipinski definition) is 9. The van der Waals surface area contributed by atoms with E-state index in [1.165, 1.54) is 141 Å². The molecule has 1 aliphatic rings. The molecule has 58 heavy (non-hydrogen) atoms. The third-order valence-corrected chi connectivity index (χ3v) is 11.4. The molecular weight excluding hydrogens is 733 g/mol. The molecule has 9 heteroatoms. The van der Waals surface area contributed by atoms with Crippen molar-refractivity contribution in [2.45, 2.75) is 256 Å². The van der Waals surface area contributed by atoms with Crippen LogP contribution >= 0.6 is 0 Å². The van der Waals surface area contributed by atoms with Gasteiger partial charge in [0, 0.05) is 13.0 Å². The molecule has 0 radical (unpaired) electrons. The highest BCUT2D eigenvalue weighted by atomic mass is 16.7. The fourth-order valence-corrected chi connectivity index (χ4v) is 7.52. The lowest BCUT2D eigenvalue weighted by atomic mass is 9.99. The summed E-state index contributed by atoms with van der Waals surface area (Å²) in [6.07, 6.45) is 40.6. The Morgan fingerprint density at radius 3 is 1.52 bits per heavy atom. The van der Waals surface area contributed by atoms with Crippen LogP contribution in [0.1, 0.15) is 219 Å². The van der Waals surface area contributed by atoms with Crippen molar-refractivity contribution in [1.82, 2.24) is 0 Å². The van der Waals surface area contributed by atoms with Crippen LogP contribution in [-0.4, -0.2) is 89.6 Å². The van der Waals surface area contributed by atoms with Gasteiger partial charge in [0.25, 0.3) is 0 Å². The molecule has 0 amide bonds. The summed E-state index contributed by atoms with van der Waals surface area (Å²) in [6, 6.07) is 0. The van der Waals surface area contributed by atoms with Gasteiger partial charge in [-0.25, -0.2) is 0 Å². The zero-order valence-corrected chi connectivity index (χ0v) is 37.6. The molecule has 1 saturated heterocycles. The van der Waals surface area contributed by atoms with Crippen LogP contribution in [-0.2, 0) is 23.7 Å². The van der Waals surface area contributed by atoms with E-state index in [1.807, 2.05) is 0 Å². The van der Waals surface area contributed by atoms with Crippen molar-refractivity contribution in [2.75, 3.05) is 26.4 Å². The minimum atomic E-state index is -1.54. The van der Waals surface area contributed by atoms with Gasteiger partial charge in [0.2, 0.25) is 0 Å². The van der Waals surface area contributed by atoms with Crippen LogP contribution in [0.4, 0.5) is 0 Å². The van der Waals surface area contributed by atoms with Crippen LogP contribution in [0, 0.1) is 0 Å². The maximum atomic E-state index is 12.8. The Kier molecular flexibility index (Phi) is 38.7. The van der Waals surface area contributed by atoms with Crippen molar-refractivity contribution in [1.29, 1.82) is 0 Å². The monoisotopic (exact) mass is 825 g/mol. The number of allylic oxidation sites excluding steroid dienone is 4. The molecule has 0 saturated carbocycles. The van der Waals surface area contributed by atoms with Gasteiger partial charge in [0.1, 0.15) is 30.5 Å². The molecule has 0 aromatic heterocycles. The number of carbonyl (C=O) groups excluding carboxylic acids is 1. The van der Waals surface area contributed by atoms with Gasteiger partial charge >= 0.3 is 5.97 Å². The number of rotatable bonds is 42. The summed E-state index contributed by atoms with van der Waals surface area (Å²) < 4.78 is 22.9. The Bertz CT molecular complexity index is 941. The van der Waals surface area contributed by atoms with Gasteiger partial charge in [-0.1, -0.05) is 192 Å². The highest BCUT2D eigenvalue weighted by Crippen LogP contribution is 2.23. The van der Waals surface area contributed by atoms with E-state index in [0.717, 1.165) is 57.8 Å². The molecule has 0 bridgehead atoms. The number of unbranched alkanes of at least 4 members (excludes halogenated alkanes) is 27. The lowest BCUT2D eigenvalue weighted by Gasteiger charge is -2.39. The first-order valence-corrected chi connectivity index (χ1v) is 24.4. The highest BCUT2D eigenvalue weighted by molar-refractivity contribution is 5.69. The van der Waals surface area contributed by atoms with Crippen molar-refractivity contribution in [3.63, 3.8) is 0 Å². The molecule has 9 nitrogen and oxygen atoms in total. The second-order valence-corrected chi connectivity index (χ2v) is 16.9. The molecule has 0 spiro atoms. The Labute approximate surface area is 356 Å². The van der Waals surface area contributed by atoms with Crippen LogP contribution in [0.3, 0.4) is 0 Å². The predicted octanol–water partition coefficient (Wildman–Crippen LogP) is 11.4. The van der Waals surface area contributed by atoms with Crippen molar-refractivity contribution in [3.8, 4) is 0 Å². The van der Waals surface area contributed by atoms with E-state index >= 15 is 0 Å². The van der Waals surface area contributed by atoms with Gasteiger partial charge in [0.15, 0.2) is 6.29 Å². The third kappa shape index (κ3) is 31.5. The molecule has 342 valence electrons. The Morgan fingerprint density at radius 2 is 1.00 bits per heavy atom. The lowest BCUT2D eigenvalue weighted by molar-refractivity contribution is -0.305. The normalized spacial score (nSPS) is 20.4. The molecule has 1 rings (SSSR count). The first kappa shape index (κ1) is 54.7. The molecule has 6 unspecified atom stereocenters. The maximum Gasteiger partial charge on any atom is 0.306 e. The zero-order chi connectivity index (χ0) is 42.2. The SMILES string of the molecule is CCCCC/C=C\C/C=C\CCCCCCCC(=O)OC(COCCCCCCCCCCCCCCCCCCCCCC)COC1OC(CO)C(O)C(O)C1O. The number of hydrogen-bond donors (Lipinski definition) is 4. The van der Waals surface area contributed by atoms with Gasteiger partial charge < -0.3 is 39.4 Å². The topological polar surface area (TPSA) is 135 Å². The molecular formula is C49H92O9. The van der Waals surface area contributed by atoms with E-state index in [-0.39, 0.29) is 19.2 Å². The van der Waals surface area contributed by atoms with Gasteiger partial charge in [-0.05, 0) is 44.9 Å². The van der Waals surface area contributed by atoms with E-state index in [0.29, 0.717) is 13.0 Å². The summed E-state index contributed by atoms with van der Waals surface area (Å²) >= 11 is 0. The summed E-state index contributed by atoms with van der Waals surface area (Å²) in [7, 11) is 0. The molecule has 1 fully saturated rings. The number of carbonyl (C=O) groups is 1. The van der Waals surface area contributed by atoms with E-state index in [1.54, 1.807) is 0 Å². The molecule has 6 atom stereocenters. The van der Waals surface area contributed by atoms with Gasteiger partial charge in [-0.2, -0.15) is 0 Å². The van der Waals surface area contributed by atoms with E-state index < -0.39 is 43.4 Å². The first-order valence-electron chi connectivity index (χ1n) is 24.4. The molecule has 4 N–H and O–H groups in total. The average molecular weight is 825 g/mol. The minimum Gasteiger partial charge on any atom is -0.457 e. The van der Waals surface area contributed by atoms with Crippen molar-refractivity contribution in [3.05, 3.63) is 24.3 Å². The smallest absolute Gasteiger partial charge is 0.306 e. The average Bonchev–Trinajstić information content (AvgIpc) is 3.22. The van der Waals surface area contributed by atoms with Crippen molar-refractivity contribution >= 4 is 5.97 Å². The van der Waals surface area contributed by atoms with Crippen molar-refractivity contribution in [2.24, 2.45) is 0 Å². The number of esters is 1. The number of aliphatic hydroxyl groups is 4. The first-order chi connectivity index (χ1) is 28.4. The summed E-state index contributed by atoms with van der Waals surface area (Å²) in [5.41, 5.74) is 0. The molecule has 1 heterocycles.